The highest BCUT2D eigenvalue weighted by molar-refractivity contribution is 8.39. The molecule has 0 saturated carbocycles. The molecule has 2 aromatic rings. The first-order valence-electron chi connectivity index (χ1n) is 9.47. The number of esters is 1. The fourth-order valence-corrected chi connectivity index (χ4v) is 6.24. The molecule has 0 aromatic heterocycles. The van der Waals surface area contributed by atoms with E-state index in [9.17, 15) is 23.5 Å². The van der Waals surface area contributed by atoms with E-state index >= 15 is 0 Å². The van der Waals surface area contributed by atoms with Gasteiger partial charge in [-0.15, -0.1) is 9.31 Å². The van der Waals surface area contributed by atoms with Crippen LogP contribution < -0.4 is 0 Å². The van der Waals surface area contributed by atoms with Gasteiger partial charge in [0.2, 0.25) is 11.1 Å². The summed E-state index contributed by atoms with van der Waals surface area (Å²) in [6, 6.07) is 18.2. The molecule has 4 rings (SSSR count). The summed E-state index contributed by atoms with van der Waals surface area (Å²) in [5.41, 5.74) is -0.273. The molecule has 2 aromatic carbocycles. The number of hydrogen-bond donors (Lipinski definition) is 2. The Morgan fingerprint density at radius 2 is 1.65 bits per heavy atom. The highest BCUT2D eigenvalue weighted by Gasteiger charge is 2.58. The number of amides is 1. The number of rotatable bonds is 5. The molecule has 2 heterocycles. The van der Waals surface area contributed by atoms with Gasteiger partial charge in [0.25, 0.3) is 0 Å². The number of ether oxygens (including phenoxy) is 2. The fourth-order valence-electron chi connectivity index (χ4n) is 3.83. The third kappa shape index (κ3) is 3.33. The van der Waals surface area contributed by atoms with Gasteiger partial charge in [0.05, 0.1) is 6.42 Å². The SMILES string of the molecule is COC1C=C(C(=O)OC(c2ccccc2)c2ccccc2)N2C(=O)CC2S1(O)(O)=C=O. The molecular weight excluding hydrogens is 422 g/mol. The molecule has 0 spiro atoms. The molecule has 1 fully saturated rings. The van der Waals surface area contributed by atoms with Crippen LogP contribution in [-0.4, -0.2) is 49.0 Å². The molecular formula is C22H21NO7S. The molecule has 0 aliphatic carbocycles. The van der Waals surface area contributed by atoms with E-state index in [0.29, 0.717) is 0 Å². The lowest BCUT2D eigenvalue weighted by Crippen LogP contribution is -2.61. The summed E-state index contributed by atoms with van der Waals surface area (Å²) in [5, 5.41) is 0.00198. The average molecular weight is 443 g/mol. The minimum Gasteiger partial charge on any atom is -0.448 e. The Kier molecular flexibility index (Phi) is 5.17. The Morgan fingerprint density at radius 3 is 2.10 bits per heavy atom. The Morgan fingerprint density at radius 1 is 1.10 bits per heavy atom. The van der Waals surface area contributed by atoms with Gasteiger partial charge in [-0.3, -0.25) is 18.8 Å². The van der Waals surface area contributed by atoms with Gasteiger partial charge < -0.3 is 9.47 Å². The highest BCUT2D eigenvalue weighted by Crippen LogP contribution is 2.66. The number of benzene rings is 2. The second-order valence-electron chi connectivity index (χ2n) is 7.33. The van der Waals surface area contributed by atoms with Gasteiger partial charge in [0, 0.05) is 7.11 Å². The fraction of sp³-hybridized carbons (Fsp3) is 0.227. The van der Waals surface area contributed by atoms with Crippen molar-refractivity contribution in [2.45, 2.75) is 23.3 Å². The smallest absolute Gasteiger partial charge is 0.355 e. The summed E-state index contributed by atoms with van der Waals surface area (Å²) in [6.07, 6.45) is -0.0202. The average Bonchev–Trinajstić information content (AvgIpc) is 2.78. The summed E-state index contributed by atoms with van der Waals surface area (Å²) < 4.78 is 32.4. The summed E-state index contributed by atoms with van der Waals surface area (Å²) in [5.74, 6) is -1.38. The van der Waals surface area contributed by atoms with Gasteiger partial charge in [-0.1, -0.05) is 60.7 Å². The number of methoxy groups -OCH3 is 1. The minimum absolute atomic E-state index is 0.197. The number of nitrogens with zero attached hydrogens (tertiary/aromatic N) is 1. The third-order valence-corrected chi connectivity index (χ3v) is 8.53. The zero-order valence-corrected chi connectivity index (χ0v) is 17.4. The van der Waals surface area contributed by atoms with Gasteiger partial charge in [0.15, 0.2) is 11.5 Å². The lowest BCUT2D eigenvalue weighted by Gasteiger charge is -2.60. The van der Waals surface area contributed by atoms with E-state index in [4.69, 9.17) is 9.47 Å². The van der Waals surface area contributed by atoms with Gasteiger partial charge in [0.1, 0.15) is 11.1 Å². The topological polar surface area (TPSA) is 113 Å². The van der Waals surface area contributed by atoms with Crippen molar-refractivity contribution in [1.29, 1.82) is 0 Å². The molecule has 2 aliphatic rings. The number of fused-ring (bicyclic) bond motifs is 1. The quantitative estimate of drug-likeness (QED) is 0.415. The molecule has 0 radical (unpaired) electrons. The number of hydrogen-bond acceptors (Lipinski definition) is 7. The van der Waals surface area contributed by atoms with Gasteiger partial charge in [-0.2, -0.15) is 0 Å². The monoisotopic (exact) mass is 443 g/mol. The molecule has 1 saturated heterocycles. The molecule has 2 N–H and O–H groups in total. The Hall–Kier alpha value is -3.07. The first-order chi connectivity index (χ1) is 14.8. The Balaban J connectivity index is 1.74. The summed E-state index contributed by atoms with van der Waals surface area (Å²) >= 11 is 0. The molecule has 31 heavy (non-hydrogen) atoms. The number of β-lactam (4-membered cyclic amide) rings is 1. The molecule has 2 unspecified atom stereocenters. The van der Waals surface area contributed by atoms with Crippen molar-refractivity contribution in [1.82, 2.24) is 4.90 Å². The van der Waals surface area contributed by atoms with E-state index in [0.717, 1.165) is 22.1 Å². The van der Waals surface area contributed by atoms with E-state index in [-0.39, 0.29) is 12.1 Å². The van der Waals surface area contributed by atoms with E-state index in [1.807, 2.05) is 60.7 Å². The van der Waals surface area contributed by atoms with Crippen LogP contribution in [0.3, 0.4) is 0 Å². The maximum atomic E-state index is 13.2. The second-order valence-corrected chi connectivity index (χ2v) is 10.6. The van der Waals surface area contributed by atoms with Gasteiger partial charge in [-0.05, 0) is 17.2 Å². The molecule has 2 atom stereocenters. The van der Waals surface area contributed by atoms with E-state index < -0.39 is 38.1 Å². The lowest BCUT2D eigenvalue weighted by atomic mass is 10.0. The maximum absolute atomic E-state index is 13.2. The van der Waals surface area contributed by atoms with Crippen molar-refractivity contribution in [2.24, 2.45) is 0 Å². The lowest BCUT2D eigenvalue weighted by molar-refractivity contribution is -0.152. The van der Waals surface area contributed by atoms with Crippen molar-refractivity contribution < 1.29 is 33.0 Å². The largest absolute Gasteiger partial charge is 0.448 e. The molecule has 162 valence electrons. The second kappa shape index (κ2) is 7.56. The van der Waals surface area contributed by atoms with Gasteiger partial charge >= 0.3 is 5.97 Å². The van der Waals surface area contributed by atoms with Crippen LogP contribution in [0.25, 0.3) is 0 Å². The van der Waals surface area contributed by atoms with Crippen LogP contribution in [0.2, 0.25) is 0 Å². The maximum Gasteiger partial charge on any atom is 0.355 e. The zero-order chi connectivity index (χ0) is 22.2. The van der Waals surface area contributed by atoms with Crippen LogP contribution in [0.1, 0.15) is 23.7 Å². The van der Waals surface area contributed by atoms with Crippen molar-refractivity contribution in [2.75, 3.05) is 7.11 Å². The van der Waals surface area contributed by atoms with E-state index in [1.165, 1.54) is 12.3 Å². The first-order valence-corrected chi connectivity index (χ1v) is 11.6. The van der Waals surface area contributed by atoms with Gasteiger partial charge in [-0.25, -0.2) is 9.59 Å². The van der Waals surface area contributed by atoms with Crippen LogP contribution in [-0.2, 0) is 23.9 Å². The normalized spacial score (nSPS) is 24.6. The Bertz CT molecular complexity index is 1110. The van der Waals surface area contributed by atoms with Crippen LogP contribution in [0.15, 0.2) is 72.4 Å². The van der Waals surface area contributed by atoms with Crippen LogP contribution in [0.5, 0.6) is 0 Å². The predicted octanol–water partition coefficient (Wildman–Crippen LogP) is 3.10. The summed E-state index contributed by atoms with van der Waals surface area (Å²) in [4.78, 5) is 37.9. The molecule has 9 heteroatoms. The molecule has 1 amide bonds. The van der Waals surface area contributed by atoms with E-state index in [1.54, 1.807) is 0 Å². The van der Waals surface area contributed by atoms with Crippen molar-refractivity contribution in [3.8, 4) is 0 Å². The van der Waals surface area contributed by atoms with E-state index in [2.05, 4.69) is 0 Å². The predicted molar refractivity (Wildman–Crippen MR) is 113 cm³/mol. The minimum atomic E-state index is -4.92. The highest BCUT2D eigenvalue weighted by atomic mass is 32.3. The van der Waals surface area contributed by atoms with Crippen molar-refractivity contribution in [3.05, 3.63) is 83.6 Å². The number of carbonyl (C=O) groups excluding carboxylic acids is 3. The van der Waals surface area contributed by atoms with Crippen molar-refractivity contribution >= 4 is 26.4 Å². The van der Waals surface area contributed by atoms with Crippen LogP contribution in [0.4, 0.5) is 0 Å². The van der Waals surface area contributed by atoms with Crippen LogP contribution >= 0.6 is 9.31 Å². The van der Waals surface area contributed by atoms with Crippen LogP contribution in [0, 0.1) is 0 Å². The standard InChI is InChI=1S/C22H21NO7S/c1-29-20-12-17(23-18(25)13-19(23)31(20,27,28)14-24)22(26)30-21(15-8-4-2-5-9-15)16-10-6-3-7-11-16/h2-12,19-21,27-28H,13H2,1H3. The molecule has 2 aliphatic heterocycles. The first kappa shape index (κ1) is 21.2. The third-order valence-electron chi connectivity index (χ3n) is 5.50. The number of carbonyl (C=O) groups is 2. The Labute approximate surface area is 178 Å². The molecule has 8 nitrogen and oxygen atoms in total. The zero-order valence-electron chi connectivity index (χ0n) is 16.6. The summed E-state index contributed by atoms with van der Waals surface area (Å²) in [6.45, 7) is 0. The summed E-state index contributed by atoms with van der Waals surface area (Å²) in [7, 11) is -3.75. The van der Waals surface area contributed by atoms with Crippen molar-refractivity contribution in [3.63, 3.8) is 0 Å². The molecule has 0 bridgehead atoms.